The van der Waals surface area contributed by atoms with Gasteiger partial charge in [-0.1, -0.05) is 92.1 Å². The molecule has 6 nitrogen and oxygen atoms in total. The van der Waals surface area contributed by atoms with Crippen LogP contribution in [0.15, 0.2) is 72.8 Å². The fraction of sp³-hybridized carbons (Fsp3) is 0.375. The summed E-state index contributed by atoms with van der Waals surface area (Å²) in [6.45, 7) is 2.56. The van der Waals surface area contributed by atoms with Crippen molar-refractivity contribution in [3.63, 3.8) is 0 Å². The van der Waals surface area contributed by atoms with Crippen LogP contribution in [0.1, 0.15) is 66.0 Å². The maximum atomic E-state index is 14.1. The average Bonchev–Trinajstić information content (AvgIpc) is 2.96. The molecule has 3 aromatic carbocycles. The summed E-state index contributed by atoms with van der Waals surface area (Å²) in [5.74, 6) is -0.612. The molecule has 1 amide bonds. The summed E-state index contributed by atoms with van der Waals surface area (Å²) in [5.41, 5.74) is 4.52. The summed E-state index contributed by atoms with van der Waals surface area (Å²) in [4.78, 5) is 28.1. The highest BCUT2D eigenvalue weighted by Crippen LogP contribution is 2.37. The molecule has 1 aliphatic carbocycles. The minimum Gasteiger partial charge on any atom is -0.488 e. The number of ether oxygens (including phenoxy) is 2. The smallest absolute Gasteiger partial charge is 0.326 e. The first-order valence-electron chi connectivity index (χ1n) is 13.5. The fourth-order valence-electron chi connectivity index (χ4n) is 5.59. The third kappa shape index (κ3) is 5.76. The Hall–Kier alpha value is -3.64. The number of rotatable bonds is 8. The van der Waals surface area contributed by atoms with Gasteiger partial charge in [-0.3, -0.25) is 4.79 Å². The Kier molecular flexibility index (Phi) is 8.08. The quantitative estimate of drug-likeness (QED) is 0.400. The second kappa shape index (κ2) is 11.8. The average molecular weight is 514 g/mol. The van der Waals surface area contributed by atoms with Gasteiger partial charge in [0.05, 0.1) is 6.10 Å². The van der Waals surface area contributed by atoms with E-state index in [2.05, 4.69) is 0 Å². The lowest BCUT2D eigenvalue weighted by atomic mass is 9.90. The Morgan fingerprint density at radius 1 is 0.947 bits per heavy atom. The molecular formula is C32H35NO5. The van der Waals surface area contributed by atoms with Gasteiger partial charge in [-0.2, -0.15) is 0 Å². The van der Waals surface area contributed by atoms with Crippen molar-refractivity contribution >= 4 is 11.9 Å². The molecule has 0 bridgehead atoms. The van der Waals surface area contributed by atoms with Crippen LogP contribution in [0.4, 0.5) is 0 Å². The van der Waals surface area contributed by atoms with Gasteiger partial charge in [0.15, 0.2) is 6.10 Å². The molecule has 0 aromatic heterocycles. The van der Waals surface area contributed by atoms with Crippen LogP contribution in [-0.4, -0.2) is 34.0 Å². The van der Waals surface area contributed by atoms with Gasteiger partial charge >= 0.3 is 5.97 Å². The topological polar surface area (TPSA) is 76.1 Å². The first-order valence-corrected chi connectivity index (χ1v) is 13.5. The van der Waals surface area contributed by atoms with E-state index < -0.39 is 18.1 Å². The molecule has 2 aliphatic rings. The molecule has 1 aliphatic heterocycles. The highest BCUT2D eigenvalue weighted by molar-refractivity contribution is 5.88. The SMILES string of the molecule is Cc1ccc2c(c1OCc1ccccc1)C[C@H](C(=O)O)N(C(=O)[C@H](OC1CCCCC1)c1ccccc1)C2. The normalized spacial score (nSPS) is 18.4. The molecule has 0 spiro atoms. The van der Waals surface area contributed by atoms with E-state index in [1.165, 1.54) is 11.3 Å². The molecule has 5 rings (SSSR count). The van der Waals surface area contributed by atoms with E-state index in [0.717, 1.165) is 53.5 Å². The lowest BCUT2D eigenvalue weighted by molar-refractivity contribution is -0.161. The molecule has 198 valence electrons. The number of carbonyl (C=O) groups excluding carboxylic acids is 1. The largest absolute Gasteiger partial charge is 0.488 e. The number of benzene rings is 3. The number of aryl methyl sites for hydroxylation is 1. The van der Waals surface area contributed by atoms with Crippen molar-refractivity contribution in [2.75, 3.05) is 0 Å². The van der Waals surface area contributed by atoms with Crippen LogP contribution in [0.3, 0.4) is 0 Å². The zero-order chi connectivity index (χ0) is 26.5. The second-order valence-corrected chi connectivity index (χ2v) is 10.3. The maximum absolute atomic E-state index is 14.1. The Balaban J connectivity index is 1.44. The number of nitrogens with zero attached hydrogens (tertiary/aromatic N) is 1. The first kappa shape index (κ1) is 26.0. The Morgan fingerprint density at radius 2 is 1.63 bits per heavy atom. The lowest BCUT2D eigenvalue weighted by Gasteiger charge is -2.38. The molecule has 3 aromatic rings. The number of hydrogen-bond donors (Lipinski definition) is 1. The van der Waals surface area contributed by atoms with E-state index in [0.29, 0.717) is 12.4 Å². The summed E-state index contributed by atoms with van der Waals surface area (Å²) in [7, 11) is 0. The van der Waals surface area contributed by atoms with E-state index in [1.54, 1.807) is 0 Å². The molecule has 1 N–H and O–H groups in total. The lowest BCUT2D eigenvalue weighted by Crippen LogP contribution is -2.51. The van der Waals surface area contributed by atoms with Gasteiger partial charge in [0.25, 0.3) is 5.91 Å². The molecule has 6 heteroatoms. The van der Waals surface area contributed by atoms with Crippen LogP contribution >= 0.6 is 0 Å². The number of amides is 1. The molecule has 38 heavy (non-hydrogen) atoms. The number of aliphatic carboxylic acids is 1. The van der Waals surface area contributed by atoms with E-state index in [-0.39, 0.29) is 25.0 Å². The van der Waals surface area contributed by atoms with Crippen LogP contribution in [-0.2, 0) is 33.9 Å². The first-order chi connectivity index (χ1) is 18.5. The highest BCUT2D eigenvalue weighted by Gasteiger charge is 2.40. The molecule has 0 saturated heterocycles. The summed E-state index contributed by atoms with van der Waals surface area (Å²) in [6.07, 6.45) is 4.54. The molecule has 1 heterocycles. The zero-order valence-electron chi connectivity index (χ0n) is 21.8. The standard InChI is InChI=1S/C32H35NO5/c1-22-17-18-25-20-33(28(32(35)36)19-27(25)29(22)37-21-23-11-5-2-6-12-23)31(34)30(24-13-7-3-8-14-24)38-26-15-9-4-10-16-26/h2-3,5-8,11-14,17-18,26,28,30H,4,9-10,15-16,19-21H2,1H3,(H,35,36)/t28-,30-/m1/s1. The molecule has 1 fully saturated rings. The Labute approximate surface area is 224 Å². The second-order valence-electron chi connectivity index (χ2n) is 10.3. The summed E-state index contributed by atoms with van der Waals surface area (Å²) in [6, 6.07) is 22.3. The Morgan fingerprint density at radius 3 is 2.32 bits per heavy atom. The van der Waals surface area contributed by atoms with Gasteiger partial charge in [0.1, 0.15) is 18.4 Å². The van der Waals surface area contributed by atoms with Crippen molar-refractivity contribution in [2.24, 2.45) is 0 Å². The zero-order valence-corrected chi connectivity index (χ0v) is 21.8. The van der Waals surface area contributed by atoms with Crippen LogP contribution in [0, 0.1) is 6.92 Å². The molecule has 1 saturated carbocycles. The van der Waals surface area contributed by atoms with Crippen LogP contribution in [0.5, 0.6) is 5.75 Å². The minimum absolute atomic E-state index is 0.00102. The van der Waals surface area contributed by atoms with Crippen molar-refractivity contribution in [1.82, 2.24) is 4.90 Å². The predicted octanol–water partition coefficient (Wildman–Crippen LogP) is 6.00. The number of carboxylic acids is 1. The molecular weight excluding hydrogens is 478 g/mol. The predicted molar refractivity (Wildman–Crippen MR) is 145 cm³/mol. The molecule has 0 unspecified atom stereocenters. The molecule has 2 atom stereocenters. The van der Waals surface area contributed by atoms with Crippen molar-refractivity contribution in [3.05, 3.63) is 101 Å². The highest BCUT2D eigenvalue weighted by atomic mass is 16.5. The minimum atomic E-state index is -1.02. The summed E-state index contributed by atoms with van der Waals surface area (Å²) in [5, 5.41) is 10.2. The van der Waals surface area contributed by atoms with E-state index in [1.807, 2.05) is 79.7 Å². The number of hydrogen-bond acceptors (Lipinski definition) is 4. The van der Waals surface area contributed by atoms with Crippen molar-refractivity contribution in [3.8, 4) is 5.75 Å². The van der Waals surface area contributed by atoms with Gasteiger partial charge in [-0.05, 0) is 42.0 Å². The van der Waals surface area contributed by atoms with Gasteiger partial charge < -0.3 is 19.5 Å². The van der Waals surface area contributed by atoms with Crippen LogP contribution in [0.25, 0.3) is 0 Å². The van der Waals surface area contributed by atoms with Crippen molar-refractivity contribution in [1.29, 1.82) is 0 Å². The van der Waals surface area contributed by atoms with Crippen molar-refractivity contribution in [2.45, 2.75) is 76.9 Å². The van der Waals surface area contributed by atoms with Gasteiger partial charge in [0, 0.05) is 18.5 Å². The van der Waals surface area contributed by atoms with Crippen LogP contribution < -0.4 is 4.74 Å². The summed E-state index contributed by atoms with van der Waals surface area (Å²) >= 11 is 0. The van der Waals surface area contributed by atoms with Gasteiger partial charge in [-0.25, -0.2) is 4.79 Å². The third-order valence-electron chi connectivity index (χ3n) is 7.67. The number of carbonyl (C=O) groups is 2. The van der Waals surface area contributed by atoms with Gasteiger partial charge in [0.2, 0.25) is 0 Å². The third-order valence-corrected chi connectivity index (χ3v) is 7.67. The Bertz CT molecular complexity index is 1250. The van der Waals surface area contributed by atoms with E-state index in [9.17, 15) is 14.7 Å². The van der Waals surface area contributed by atoms with Crippen molar-refractivity contribution < 1.29 is 24.2 Å². The van der Waals surface area contributed by atoms with E-state index in [4.69, 9.17) is 9.47 Å². The molecule has 0 radical (unpaired) electrons. The maximum Gasteiger partial charge on any atom is 0.326 e. The monoisotopic (exact) mass is 513 g/mol. The fourth-order valence-corrected chi connectivity index (χ4v) is 5.59. The number of fused-ring (bicyclic) bond motifs is 1. The number of carboxylic acid groups (broad SMARTS) is 1. The van der Waals surface area contributed by atoms with Crippen LogP contribution in [0.2, 0.25) is 0 Å². The summed E-state index contributed by atoms with van der Waals surface area (Å²) < 4.78 is 12.7. The van der Waals surface area contributed by atoms with Gasteiger partial charge in [-0.15, -0.1) is 0 Å². The van der Waals surface area contributed by atoms with E-state index >= 15 is 0 Å².